The summed E-state index contributed by atoms with van der Waals surface area (Å²) in [6.07, 6.45) is 0. The molecular weight excluding hydrogens is 295 g/mol. The maximum atomic E-state index is 13.2. The lowest BCUT2D eigenvalue weighted by Gasteiger charge is -2.34. The Hall–Kier alpha value is -2.47. The zero-order valence-corrected chi connectivity index (χ0v) is 12.7. The second-order valence-electron chi connectivity index (χ2n) is 5.71. The maximum Gasteiger partial charge on any atom is 0.214 e. The highest BCUT2D eigenvalue weighted by atomic mass is 19.1. The standard InChI is InChI=1S/C17H17FN4O/c18-16-6-3-7-17(19-16)22-10-8-21(9-11-22)12-14-13-4-1-2-5-15(13)23-20-14/h1-7H,8-12H2. The van der Waals surface area contributed by atoms with E-state index in [-0.39, 0.29) is 0 Å². The fraction of sp³-hybridized carbons (Fsp3) is 0.294. The van der Waals surface area contributed by atoms with Crippen LogP contribution in [0, 0.1) is 5.95 Å². The first-order chi connectivity index (χ1) is 11.3. The Kier molecular flexibility index (Phi) is 3.67. The van der Waals surface area contributed by atoms with E-state index in [1.807, 2.05) is 30.3 Å². The summed E-state index contributed by atoms with van der Waals surface area (Å²) in [5, 5.41) is 5.26. The largest absolute Gasteiger partial charge is 0.356 e. The molecule has 0 atom stereocenters. The van der Waals surface area contributed by atoms with Gasteiger partial charge in [-0.1, -0.05) is 23.4 Å². The number of benzene rings is 1. The summed E-state index contributed by atoms with van der Waals surface area (Å²) >= 11 is 0. The Morgan fingerprint density at radius 3 is 2.65 bits per heavy atom. The van der Waals surface area contributed by atoms with Gasteiger partial charge in [0, 0.05) is 38.1 Å². The van der Waals surface area contributed by atoms with Gasteiger partial charge in [0.2, 0.25) is 5.95 Å². The quantitative estimate of drug-likeness (QED) is 0.696. The summed E-state index contributed by atoms with van der Waals surface area (Å²) in [6.45, 7) is 4.19. The summed E-state index contributed by atoms with van der Waals surface area (Å²) in [7, 11) is 0. The van der Waals surface area contributed by atoms with Gasteiger partial charge >= 0.3 is 0 Å². The summed E-state index contributed by atoms with van der Waals surface area (Å²) in [5.74, 6) is 0.274. The first kappa shape index (κ1) is 14.1. The third-order valence-corrected chi connectivity index (χ3v) is 4.22. The Labute approximate surface area is 133 Å². The molecule has 1 fully saturated rings. The Morgan fingerprint density at radius 1 is 1.00 bits per heavy atom. The van der Waals surface area contributed by atoms with E-state index in [4.69, 9.17) is 4.52 Å². The number of nitrogens with zero attached hydrogens (tertiary/aromatic N) is 4. The summed E-state index contributed by atoms with van der Waals surface area (Å²) in [4.78, 5) is 8.40. The highest BCUT2D eigenvalue weighted by Gasteiger charge is 2.20. The predicted octanol–water partition coefficient (Wildman–Crippen LogP) is 2.68. The molecule has 1 aliphatic rings. The lowest BCUT2D eigenvalue weighted by atomic mass is 10.2. The van der Waals surface area contributed by atoms with Crippen LogP contribution in [0.25, 0.3) is 11.0 Å². The summed E-state index contributed by atoms with van der Waals surface area (Å²) in [6, 6.07) is 12.8. The predicted molar refractivity (Wildman–Crippen MR) is 85.7 cm³/mol. The van der Waals surface area contributed by atoms with Crippen molar-refractivity contribution in [1.82, 2.24) is 15.0 Å². The van der Waals surface area contributed by atoms with Crippen molar-refractivity contribution in [2.75, 3.05) is 31.1 Å². The molecule has 118 valence electrons. The minimum absolute atomic E-state index is 0.431. The molecule has 1 aliphatic heterocycles. The number of anilines is 1. The van der Waals surface area contributed by atoms with Gasteiger partial charge in [-0.05, 0) is 24.3 Å². The number of pyridine rings is 1. The van der Waals surface area contributed by atoms with Gasteiger partial charge in [-0.25, -0.2) is 4.98 Å². The molecule has 0 spiro atoms. The molecule has 0 bridgehead atoms. The topological polar surface area (TPSA) is 45.4 Å². The first-order valence-electron chi connectivity index (χ1n) is 7.73. The van der Waals surface area contributed by atoms with Crippen molar-refractivity contribution in [3.8, 4) is 0 Å². The van der Waals surface area contributed by atoms with Gasteiger partial charge in [-0.2, -0.15) is 4.39 Å². The van der Waals surface area contributed by atoms with Gasteiger partial charge in [-0.15, -0.1) is 0 Å². The molecule has 0 radical (unpaired) electrons. The lowest BCUT2D eigenvalue weighted by Crippen LogP contribution is -2.46. The maximum absolute atomic E-state index is 13.2. The zero-order valence-electron chi connectivity index (χ0n) is 12.7. The molecule has 0 amide bonds. The second kappa shape index (κ2) is 5.96. The van der Waals surface area contributed by atoms with E-state index >= 15 is 0 Å². The molecule has 0 saturated carbocycles. The number of hydrogen-bond acceptors (Lipinski definition) is 5. The van der Waals surface area contributed by atoms with Crippen molar-refractivity contribution < 1.29 is 8.91 Å². The van der Waals surface area contributed by atoms with Crippen LogP contribution < -0.4 is 4.90 Å². The van der Waals surface area contributed by atoms with Crippen LogP contribution in [0.2, 0.25) is 0 Å². The Morgan fingerprint density at radius 2 is 1.83 bits per heavy atom. The van der Waals surface area contributed by atoms with Crippen molar-refractivity contribution in [3.05, 3.63) is 54.1 Å². The van der Waals surface area contributed by atoms with E-state index in [2.05, 4.69) is 19.9 Å². The van der Waals surface area contributed by atoms with Gasteiger partial charge in [0.1, 0.15) is 11.5 Å². The van der Waals surface area contributed by atoms with Crippen LogP contribution in [0.5, 0.6) is 0 Å². The third-order valence-electron chi connectivity index (χ3n) is 4.22. The monoisotopic (exact) mass is 312 g/mol. The number of aromatic nitrogens is 2. The number of halogens is 1. The number of hydrogen-bond donors (Lipinski definition) is 0. The molecule has 5 nitrogen and oxygen atoms in total. The molecule has 23 heavy (non-hydrogen) atoms. The molecule has 0 unspecified atom stereocenters. The van der Waals surface area contributed by atoms with Gasteiger partial charge in [0.25, 0.3) is 0 Å². The van der Waals surface area contributed by atoms with E-state index in [9.17, 15) is 4.39 Å². The Balaban J connectivity index is 1.42. The van der Waals surface area contributed by atoms with E-state index in [1.54, 1.807) is 6.07 Å². The van der Waals surface area contributed by atoms with E-state index in [0.717, 1.165) is 49.4 Å². The SMILES string of the molecule is Fc1cccc(N2CCN(Cc3noc4ccccc34)CC2)n1. The van der Waals surface area contributed by atoms with Crippen LogP contribution in [-0.4, -0.2) is 41.2 Å². The molecular formula is C17H17FN4O. The van der Waals surface area contributed by atoms with E-state index < -0.39 is 5.95 Å². The lowest BCUT2D eigenvalue weighted by molar-refractivity contribution is 0.242. The molecule has 3 aromatic rings. The molecule has 3 heterocycles. The molecule has 0 N–H and O–H groups in total. The number of para-hydroxylation sites is 1. The summed E-state index contributed by atoms with van der Waals surface area (Å²) in [5.41, 5.74) is 1.79. The van der Waals surface area contributed by atoms with Crippen LogP contribution in [-0.2, 0) is 6.54 Å². The molecule has 2 aromatic heterocycles. The minimum Gasteiger partial charge on any atom is -0.356 e. The first-order valence-corrected chi connectivity index (χ1v) is 7.73. The van der Waals surface area contributed by atoms with Gasteiger partial charge < -0.3 is 9.42 Å². The number of piperazine rings is 1. The minimum atomic E-state index is -0.431. The van der Waals surface area contributed by atoms with Crippen LogP contribution >= 0.6 is 0 Å². The smallest absolute Gasteiger partial charge is 0.214 e. The normalized spacial score (nSPS) is 16.1. The third kappa shape index (κ3) is 2.90. The van der Waals surface area contributed by atoms with Crippen molar-refractivity contribution in [1.29, 1.82) is 0 Å². The molecule has 0 aliphatic carbocycles. The fourth-order valence-corrected chi connectivity index (χ4v) is 2.97. The van der Waals surface area contributed by atoms with Gasteiger partial charge in [0.15, 0.2) is 5.58 Å². The fourth-order valence-electron chi connectivity index (χ4n) is 2.97. The van der Waals surface area contributed by atoms with E-state index in [0.29, 0.717) is 5.82 Å². The average molecular weight is 312 g/mol. The van der Waals surface area contributed by atoms with Crippen molar-refractivity contribution in [3.63, 3.8) is 0 Å². The molecule has 6 heteroatoms. The van der Waals surface area contributed by atoms with Crippen molar-refractivity contribution in [2.45, 2.75) is 6.54 Å². The van der Waals surface area contributed by atoms with Crippen LogP contribution in [0.4, 0.5) is 10.2 Å². The van der Waals surface area contributed by atoms with Crippen LogP contribution in [0.1, 0.15) is 5.69 Å². The van der Waals surface area contributed by atoms with Gasteiger partial charge in [0.05, 0.1) is 0 Å². The average Bonchev–Trinajstić information content (AvgIpc) is 2.99. The highest BCUT2D eigenvalue weighted by molar-refractivity contribution is 5.79. The highest BCUT2D eigenvalue weighted by Crippen LogP contribution is 2.20. The molecule has 1 aromatic carbocycles. The molecule has 4 rings (SSSR count). The number of fused-ring (bicyclic) bond motifs is 1. The van der Waals surface area contributed by atoms with Crippen LogP contribution in [0.15, 0.2) is 47.0 Å². The number of rotatable bonds is 3. The van der Waals surface area contributed by atoms with Crippen LogP contribution in [0.3, 0.4) is 0 Å². The van der Waals surface area contributed by atoms with E-state index in [1.165, 1.54) is 6.07 Å². The molecule has 1 saturated heterocycles. The van der Waals surface area contributed by atoms with Crippen molar-refractivity contribution in [2.24, 2.45) is 0 Å². The van der Waals surface area contributed by atoms with Gasteiger partial charge in [-0.3, -0.25) is 4.90 Å². The second-order valence-corrected chi connectivity index (χ2v) is 5.71. The van der Waals surface area contributed by atoms with Crippen molar-refractivity contribution >= 4 is 16.8 Å². The Bertz CT molecular complexity index is 811. The summed E-state index contributed by atoms with van der Waals surface area (Å²) < 4.78 is 18.6. The zero-order chi connectivity index (χ0) is 15.6.